The molecule has 0 unspecified atom stereocenters. The summed E-state index contributed by atoms with van der Waals surface area (Å²) in [4.78, 5) is 21.9. The highest BCUT2D eigenvalue weighted by molar-refractivity contribution is 7.99. The number of fused-ring (bicyclic) bond motifs is 3. The normalized spacial score (nSPS) is 11.1. The molecule has 0 atom stereocenters. The first-order valence-corrected chi connectivity index (χ1v) is 9.73. The molecule has 2 heterocycles. The quantitative estimate of drug-likeness (QED) is 0.506. The van der Waals surface area contributed by atoms with Crippen LogP contribution >= 0.6 is 11.8 Å². The number of nitrogens with zero attached hydrogens (tertiary/aromatic N) is 4. The summed E-state index contributed by atoms with van der Waals surface area (Å²) < 4.78 is 5.23. The number of carbonyl (C=O) groups excluding carboxylic acids is 1. The number of hydrogen-bond donors (Lipinski definition) is 1. The van der Waals surface area contributed by atoms with Crippen LogP contribution in [0.3, 0.4) is 0 Å². The first kappa shape index (κ1) is 18.2. The van der Waals surface area contributed by atoms with Crippen molar-refractivity contribution in [3.63, 3.8) is 0 Å². The highest BCUT2D eigenvalue weighted by Gasteiger charge is 2.13. The number of aromatic nitrogens is 4. The summed E-state index contributed by atoms with van der Waals surface area (Å²) in [5.74, 6) is 1.01. The molecule has 0 radical (unpaired) electrons. The molecule has 4 aromatic rings. The number of aromatic amines is 1. The van der Waals surface area contributed by atoms with Gasteiger partial charge in [0.05, 0.1) is 12.9 Å². The number of carbonyl (C=O) groups is 1. The van der Waals surface area contributed by atoms with Crippen molar-refractivity contribution in [3.05, 3.63) is 54.1 Å². The average Bonchev–Trinajstić information content (AvgIpc) is 3.09. The maximum atomic E-state index is 12.5. The van der Waals surface area contributed by atoms with Gasteiger partial charge in [-0.2, -0.15) is 0 Å². The number of ether oxygens (including phenoxy) is 1. The fourth-order valence-corrected chi connectivity index (χ4v) is 3.66. The van der Waals surface area contributed by atoms with E-state index in [0.29, 0.717) is 17.3 Å². The number of thioether (sulfide) groups is 1. The molecular weight excluding hydrogens is 374 g/mol. The van der Waals surface area contributed by atoms with Gasteiger partial charge in [0, 0.05) is 24.5 Å². The molecule has 1 N–H and O–H groups in total. The van der Waals surface area contributed by atoms with Gasteiger partial charge in [0.25, 0.3) is 0 Å². The summed E-state index contributed by atoms with van der Waals surface area (Å²) in [5.41, 5.74) is 3.39. The highest BCUT2D eigenvalue weighted by Crippen LogP contribution is 2.23. The molecule has 0 aliphatic rings. The number of hydrogen-bond acceptors (Lipinski definition) is 6. The fraction of sp³-hybridized carbons (Fsp3) is 0.200. The standard InChI is InChI=1S/C20H19N5O2S/c1-25(11-13-6-5-7-14(10-13)27-2)17(26)12-28-20-22-19-18(23-24-20)15-8-3-4-9-16(15)21-19/h3-10H,11-12H2,1-2H3,(H,21,22,24). The molecule has 0 saturated carbocycles. The summed E-state index contributed by atoms with van der Waals surface area (Å²) in [7, 11) is 3.41. The first-order valence-electron chi connectivity index (χ1n) is 8.75. The maximum absolute atomic E-state index is 12.5. The molecular formula is C20H19N5O2S. The SMILES string of the molecule is COc1cccc(CN(C)C(=O)CSc2nnc3c(n2)[nH]c2ccccc23)c1. The number of rotatable bonds is 6. The number of para-hydroxylation sites is 1. The monoisotopic (exact) mass is 393 g/mol. The molecule has 0 spiro atoms. The van der Waals surface area contributed by atoms with E-state index in [0.717, 1.165) is 27.7 Å². The van der Waals surface area contributed by atoms with Crippen LogP contribution in [0.15, 0.2) is 53.7 Å². The molecule has 0 bridgehead atoms. The zero-order chi connectivity index (χ0) is 19.5. The minimum Gasteiger partial charge on any atom is -0.497 e. The molecule has 2 aromatic heterocycles. The van der Waals surface area contributed by atoms with Crippen molar-refractivity contribution in [2.45, 2.75) is 11.7 Å². The second-order valence-corrected chi connectivity index (χ2v) is 7.29. The fourth-order valence-electron chi connectivity index (χ4n) is 2.94. The largest absolute Gasteiger partial charge is 0.497 e. The van der Waals surface area contributed by atoms with Crippen molar-refractivity contribution in [2.75, 3.05) is 19.9 Å². The Morgan fingerprint density at radius 2 is 2.04 bits per heavy atom. The minimum atomic E-state index is -0.00633. The summed E-state index contributed by atoms with van der Waals surface area (Å²) in [6, 6.07) is 15.6. The molecule has 0 aliphatic heterocycles. The lowest BCUT2D eigenvalue weighted by Crippen LogP contribution is -2.27. The zero-order valence-electron chi connectivity index (χ0n) is 15.5. The molecule has 0 saturated heterocycles. The number of benzene rings is 2. The van der Waals surface area contributed by atoms with Crippen LogP contribution in [0, 0.1) is 0 Å². The lowest BCUT2D eigenvalue weighted by Gasteiger charge is -2.17. The Morgan fingerprint density at radius 1 is 1.18 bits per heavy atom. The molecule has 0 fully saturated rings. The number of H-pyrrole nitrogens is 1. The van der Waals surface area contributed by atoms with Crippen molar-refractivity contribution in [3.8, 4) is 5.75 Å². The lowest BCUT2D eigenvalue weighted by atomic mass is 10.2. The molecule has 4 rings (SSSR count). The van der Waals surface area contributed by atoms with E-state index < -0.39 is 0 Å². The van der Waals surface area contributed by atoms with Crippen LogP contribution in [0.25, 0.3) is 22.1 Å². The van der Waals surface area contributed by atoms with E-state index >= 15 is 0 Å². The Morgan fingerprint density at radius 3 is 2.89 bits per heavy atom. The van der Waals surface area contributed by atoms with Crippen molar-refractivity contribution >= 4 is 39.7 Å². The summed E-state index contributed by atoms with van der Waals surface area (Å²) in [6.07, 6.45) is 0. The van der Waals surface area contributed by atoms with Crippen LogP contribution in [-0.4, -0.2) is 50.9 Å². The molecule has 7 nitrogen and oxygen atoms in total. The van der Waals surface area contributed by atoms with E-state index in [1.807, 2.05) is 48.5 Å². The first-order chi connectivity index (χ1) is 13.6. The molecule has 142 valence electrons. The van der Waals surface area contributed by atoms with E-state index in [9.17, 15) is 4.79 Å². The van der Waals surface area contributed by atoms with Gasteiger partial charge in [0.2, 0.25) is 11.1 Å². The van der Waals surface area contributed by atoms with Gasteiger partial charge in [-0.25, -0.2) is 4.98 Å². The Balaban J connectivity index is 1.41. The smallest absolute Gasteiger partial charge is 0.233 e. The van der Waals surface area contributed by atoms with Crippen LogP contribution in [0.2, 0.25) is 0 Å². The molecule has 2 aromatic carbocycles. The van der Waals surface area contributed by atoms with E-state index in [-0.39, 0.29) is 11.7 Å². The van der Waals surface area contributed by atoms with E-state index in [2.05, 4.69) is 20.2 Å². The summed E-state index contributed by atoms with van der Waals surface area (Å²) in [5, 5.41) is 9.90. The third-order valence-electron chi connectivity index (χ3n) is 4.41. The third-order valence-corrected chi connectivity index (χ3v) is 5.23. The zero-order valence-corrected chi connectivity index (χ0v) is 16.4. The van der Waals surface area contributed by atoms with Crippen LogP contribution < -0.4 is 4.74 Å². The molecule has 1 amide bonds. The van der Waals surface area contributed by atoms with Crippen LogP contribution in [-0.2, 0) is 11.3 Å². The predicted molar refractivity (Wildman–Crippen MR) is 109 cm³/mol. The topological polar surface area (TPSA) is 84.0 Å². The Labute approximate surface area is 166 Å². The van der Waals surface area contributed by atoms with Gasteiger partial charge in [0.15, 0.2) is 5.65 Å². The van der Waals surface area contributed by atoms with Gasteiger partial charge in [-0.15, -0.1) is 10.2 Å². The maximum Gasteiger partial charge on any atom is 0.233 e. The van der Waals surface area contributed by atoms with Gasteiger partial charge >= 0.3 is 0 Å². The summed E-state index contributed by atoms with van der Waals surface area (Å²) >= 11 is 1.28. The lowest BCUT2D eigenvalue weighted by molar-refractivity contribution is -0.127. The van der Waals surface area contributed by atoms with Gasteiger partial charge in [-0.3, -0.25) is 4.79 Å². The van der Waals surface area contributed by atoms with Gasteiger partial charge in [-0.1, -0.05) is 42.1 Å². The average molecular weight is 393 g/mol. The Kier molecular flexibility index (Phi) is 5.12. The number of nitrogens with one attached hydrogen (secondary N) is 1. The second kappa shape index (κ2) is 7.85. The van der Waals surface area contributed by atoms with Gasteiger partial charge < -0.3 is 14.6 Å². The van der Waals surface area contributed by atoms with Crippen molar-refractivity contribution in [1.29, 1.82) is 0 Å². The van der Waals surface area contributed by atoms with Gasteiger partial charge in [0.1, 0.15) is 11.3 Å². The Bertz CT molecular complexity index is 1140. The molecule has 28 heavy (non-hydrogen) atoms. The van der Waals surface area contributed by atoms with E-state index in [1.165, 1.54) is 11.8 Å². The second-order valence-electron chi connectivity index (χ2n) is 6.35. The van der Waals surface area contributed by atoms with Crippen LogP contribution in [0.4, 0.5) is 0 Å². The summed E-state index contributed by atoms with van der Waals surface area (Å²) in [6.45, 7) is 0.511. The van der Waals surface area contributed by atoms with Crippen molar-refractivity contribution in [2.24, 2.45) is 0 Å². The van der Waals surface area contributed by atoms with Gasteiger partial charge in [-0.05, 0) is 23.8 Å². The number of amides is 1. The minimum absolute atomic E-state index is 0.00633. The van der Waals surface area contributed by atoms with Crippen molar-refractivity contribution in [1.82, 2.24) is 25.1 Å². The molecule has 0 aliphatic carbocycles. The highest BCUT2D eigenvalue weighted by atomic mass is 32.2. The van der Waals surface area contributed by atoms with Crippen LogP contribution in [0.1, 0.15) is 5.56 Å². The van der Waals surface area contributed by atoms with Crippen LogP contribution in [0.5, 0.6) is 5.75 Å². The van der Waals surface area contributed by atoms with E-state index in [4.69, 9.17) is 4.74 Å². The molecule has 8 heteroatoms. The van der Waals surface area contributed by atoms with Crippen molar-refractivity contribution < 1.29 is 9.53 Å². The third kappa shape index (κ3) is 3.77. The Hall–Kier alpha value is -3.13. The number of methoxy groups -OCH3 is 1. The van der Waals surface area contributed by atoms with E-state index in [1.54, 1.807) is 19.1 Å². The predicted octanol–water partition coefficient (Wildman–Crippen LogP) is 3.27.